The first-order valence-corrected chi connectivity index (χ1v) is 4.68. The number of methoxy groups -OCH3 is 1. The maximum Gasteiger partial charge on any atom is 0.138 e. The van der Waals surface area contributed by atoms with Crippen LogP contribution in [0.25, 0.3) is 0 Å². The van der Waals surface area contributed by atoms with E-state index < -0.39 is 0 Å². The fraction of sp³-hybridized carbons (Fsp3) is 0.273. The average Bonchev–Trinajstić information content (AvgIpc) is 2.21. The third-order valence-corrected chi connectivity index (χ3v) is 1.97. The molecule has 2 nitrogen and oxygen atoms in total. The first-order valence-electron chi connectivity index (χ1n) is 4.30. The Hall–Kier alpha value is -1.17. The summed E-state index contributed by atoms with van der Waals surface area (Å²) in [4.78, 5) is 0. The summed E-state index contributed by atoms with van der Waals surface area (Å²) in [6.45, 7) is 0.581. The summed E-state index contributed by atoms with van der Waals surface area (Å²) in [6.07, 6.45) is 0.699. The lowest BCUT2D eigenvalue weighted by Crippen LogP contribution is -1.95. The number of ether oxygens (including phenoxy) is 1. The van der Waals surface area contributed by atoms with Gasteiger partial charge < -0.3 is 10.5 Å². The zero-order chi connectivity index (χ0) is 10.4. The van der Waals surface area contributed by atoms with E-state index in [1.807, 2.05) is 12.1 Å². The zero-order valence-corrected chi connectivity index (χ0v) is 8.77. The van der Waals surface area contributed by atoms with Gasteiger partial charge in [0.1, 0.15) is 5.75 Å². The molecule has 0 aromatic heterocycles. The molecule has 0 radical (unpaired) electrons. The summed E-state index contributed by atoms with van der Waals surface area (Å²) in [7, 11) is 1.58. The van der Waals surface area contributed by atoms with Gasteiger partial charge in [-0.2, -0.15) is 0 Å². The van der Waals surface area contributed by atoms with Gasteiger partial charge in [0, 0.05) is 18.5 Å². The van der Waals surface area contributed by atoms with Crippen molar-refractivity contribution in [3.05, 3.63) is 28.8 Å². The van der Waals surface area contributed by atoms with E-state index in [4.69, 9.17) is 22.1 Å². The molecule has 14 heavy (non-hydrogen) atoms. The molecule has 0 saturated carbocycles. The molecule has 1 aromatic carbocycles. The summed E-state index contributed by atoms with van der Waals surface area (Å²) < 4.78 is 5.07. The monoisotopic (exact) mass is 209 g/mol. The van der Waals surface area contributed by atoms with Gasteiger partial charge in [0.05, 0.1) is 12.1 Å². The van der Waals surface area contributed by atoms with E-state index in [1.54, 1.807) is 13.2 Å². The van der Waals surface area contributed by atoms with Gasteiger partial charge >= 0.3 is 0 Å². The largest absolute Gasteiger partial charge is 0.495 e. The second-order valence-electron chi connectivity index (χ2n) is 2.69. The Morgan fingerprint density at radius 1 is 1.50 bits per heavy atom. The van der Waals surface area contributed by atoms with Gasteiger partial charge in [0.15, 0.2) is 0 Å². The number of hydrogen-bond donors (Lipinski definition) is 1. The molecule has 74 valence electrons. The van der Waals surface area contributed by atoms with Crippen LogP contribution in [-0.2, 0) is 0 Å². The van der Waals surface area contributed by atoms with Gasteiger partial charge in [0.2, 0.25) is 0 Å². The summed E-state index contributed by atoms with van der Waals surface area (Å²) >= 11 is 5.86. The van der Waals surface area contributed by atoms with E-state index in [9.17, 15) is 0 Å². The second-order valence-corrected chi connectivity index (χ2v) is 3.10. The summed E-state index contributed by atoms with van der Waals surface area (Å²) in [6, 6.07) is 5.44. The predicted octanol–water partition coefficient (Wildman–Crippen LogP) is 2.05. The SMILES string of the molecule is COc1cc(C#CCCN)ccc1Cl. The maximum absolute atomic E-state index is 5.86. The van der Waals surface area contributed by atoms with Gasteiger partial charge in [-0.05, 0) is 18.2 Å². The van der Waals surface area contributed by atoms with Crippen LogP contribution in [0, 0.1) is 11.8 Å². The van der Waals surface area contributed by atoms with Crippen LogP contribution in [0.2, 0.25) is 5.02 Å². The number of benzene rings is 1. The molecule has 0 bridgehead atoms. The van der Waals surface area contributed by atoms with Crippen molar-refractivity contribution in [1.82, 2.24) is 0 Å². The maximum atomic E-state index is 5.86. The lowest BCUT2D eigenvalue weighted by atomic mass is 10.2. The highest BCUT2D eigenvalue weighted by atomic mass is 35.5. The van der Waals surface area contributed by atoms with Crippen LogP contribution in [0.3, 0.4) is 0 Å². The molecule has 0 saturated heterocycles. The first-order chi connectivity index (χ1) is 6.77. The number of nitrogens with two attached hydrogens (primary N) is 1. The highest BCUT2D eigenvalue weighted by Gasteiger charge is 1.99. The smallest absolute Gasteiger partial charge is 0.138 e. The molecule has 0 amide bonds. The van der Waals surface area contributed by atoms with Crippen LogP contribution < -0.4 is 10.5 Å². The summed E-state index contributed by atoms with van der Waals surface area (Å²) in [5, 5.41) is 0.594. The number of rotatable bonds is 2. The van der Waals surface area contributed by atoms with Crippen LogP contribution in [-0.4, -0.2) is 13.7 Å². The topological polar surface area (TPSA) is 35.2 Å². The van der Waals surface area contributed by atoms with Crippen molar-refractivity contribution in [1.29, 1.82) is 0 Å². The Balaban J connectivity index is 2.86. The standard InChI is InChI=1S/C11H12ClNO/c1-14-11-8-9(4-2-3-7-13)5-6-10(11)12/h5-6,8H,3,7,13H2,1H3. The van der Waals surface area contributed by atoms with E-state index in [-0.39, 0.29) is 0 Å². The van der Waals surface area contributed by atoms with Crippen molar-refractivity contribution < 1.29 is 4.74 Å². The summed E-state index contributed by atoms with van der Waals surface area (Å²) in [5.74, 6) is 6.57. The minimum absolute atomic E-state index is 0.581. The molecule has 1 aromatic rings. The van der Waals surface area contributed by atoms with Crippen LogP contribution in [0.4, 0.5) is 0 Å². The van der Waals surface area contributed by atoms with Crippen molar-refractivity contribution in [2.45, 2.75) is 6.42 Å². The van der Waals surface area contributed by atoms with Crippen LogP contribution >= 0.6 is 11.6 Å². The van der Waals surface area contributed by atoms with Crippen molar-refractivity contribution in [2.75, 3.05) is 13.7 Å². The first kappa shape index (κ1) is 10.9. The average molecular weight is 210 g/mol. The normalized spacial score (nSPS) is 9.07. The molecule has 1 rings (SSSR count). The molecule has 0 aliphatic heterocycles. The molecule has 0 unspecified atom stereocenters. The van der Waals surface area contributed by atoms with Crippen LogP contribution in [0.5, 0.6) is 5.75 Å². The van der Waals surface area contributed by atoms with Crippen LogP contribution in [0.15, 0.2) is 18.2 Å². The Morgan fingerprint density at radius 3 is 2.93 bits per heavy atom. The Bertz CT molecular complexity index is 365. The molecule has 0 spiro atoms. The van der Waals surface area contributed by atoms with Crippen molar-refractivity contribution >= 4 is 11.6 Å². The van der Waals surface area contributed by atoms with Crippen LogP contribution in [0.1, 0.15) is 12.0 Å². The molecule has 0 atom stereocenters. The highest BCUT2D eigenvalue weighted by Crippen LogP contribution is 2.24. The second kappa shape index (κ2) is 5.54. The molecule has 0 heterocycles. The fourth-order valence-electron chi connectivity index (χ4n) is 0.974. The lowest BCUT2D eigenvalue weighted by Gasteiger charge is -2.01. The van der Waals surface area contributed by atoms with Gasteiger partial charge in [0.25, 0.3) is 0 Å². The van der Waals surface area contributed by atoms with E-state index in [0.29, 0.717) is 23.7 Å². The Morgan fingerprint density at radius 2 is 2.29 bits per heavy atom. The van der Waals surface area contributed by atoms with E-state index >= 15 is 0 Å². The molecular formula is C11H12ClNO. The molecule has 0 aliphatic carbocycles. The van der Waals surface area contributed by atoms with Crippen molar-refractivity contribution in [3.8, 4) is 17.6 Å². The Labute approximate surface area is 89.0 Å². The van der Waals surface area contributed by atoms with Gasteiger partial charge in [-0.3, -0.25) is 0 Å². The lowest BCUT2D eigenvalue weighted by molar-refractivity contribution is 0.415. The van der Waals surface area contributed by atoms with E-state index in [1.165, 1.54) is 0 Å². The third kappa shape index (κ3) is 2.95. The number of halogens is 1. The highest BCUT2D eigenvalue weighted by molar-refractivity contribution is 6.32. The summed E-state index contributed by atoms with van der Waals surface area (Å²) in [5.41, 5.74) is 6.21. The third-order valence-electron chi connectivity index (χ3n) is 1.65. The molecular weight excluding hydrogens is 198 g/mol. The molecule has 2 N–H and O–H groups in total. The fourth-order valence-corrected chi connectivity index (χ4v) is 1.17. The van der Waals surface area contributed by atoms with Gasteiger partial charge in [-0.15, -0.1) is 0 Å². The molecule has 3 heteroatoms. The molecule has 0 fully saturated rings. The molecule has 0 aliphatic rings. The van der Waals surface area contributed by atoms with E-state index in [0.717, 1.165) is 5.56 Å². The quantitative estimate of drug-likeness (QED) is 0.757. The van der Waals surface area contributed by atoms with Gasteiger partial charge in [-0.1, -0.05) is 23.4 Å². The predicted molar refractivity (Wildman–Crippen MR) is 58.6 cm³/mol. The minimum Gasteiger partial charge on any atom is -0.495 e. The van der Waals surface area contributed by atoms with Crippen molar-refractivity contribution in [2.24, 2.45) is 5.73 Å². The number of hydrogen-bond acceptors (Lipinski definition) is 2. The minimum atomic E-state index is 0.581. The Kier molecular flexibility index (Phi) is 4.31. The zero-order valence-electron chi connectivity index (χ0n) is 8.01. The van der Waals surface area contributed by atoms with Crippen molar-refractivity contribution in [3.63, 3.8) is 0 Å². The van der Waals surface area contributed by atoms with E-state index in [2.05, 4.69) is 11.8 Å². The van der Waals surface area contributed by atoms with Gasteiger partial charge in [-0.25, -0.2) is 0 Å².